The number of rotatable bonds is 3. The van der Waals surface area contributed by atoms with E-state index in [4.69, 9.17) is 4.74 Å². The number of benzene rings is 2. The molecule has 4 rings (SSSR count). The van der Waals surface area contributed by atoms with Crippen LogP contribution in [0.15, 0.2) is 77.3 Å². The van der Waals surface area contributed by atoms with E-state index < -0.39 is 0 Å². The summed E-state index contributed by atoms with van der Waals surface area (Å²) in [7, 11) is 2.12. The summed E-state index contributed by atoms with van der Waals surface area (Å²) in [5, 5.41) is 0. The van der Waals surface area contributed by atoms with E-state index in [1.807, 2.05) is 18.2 Å². The van der Waals surface area contributed by atoms with Crippen molar-refractivity contribution in [2.45, 2.75) is 12.6 Å². The summed E-state index contributed by atoms with van der Waals surface area (Å²) in [5.74, 6) is 0.954. The van der Waals surface area contributed by atoms with Crippen LogP contribution in [-0.4, -0.2) is 13.2 Å². The summed E-state index contributed by atoms with van der Waals surface area (Å²) in [6.07, 6.45) is 8.32. The maximum Gasteiger partial charge on any atom is 0.143 e. The zero-order valence-corrected chi connectivity index (χ0v) is 15.0. The highest BCUT2D eigenvalue weighted by atomic mass is 79.9. The van der Waals surface area contributed by atoms with Gasteiger partial charge >= 0.3 is 0 Å². The Hall–Kier alpha value is -2.26. The molecule has 1 heterocycles. The quantitative estimate of drug-likeness (QED) is 0.715. The van der Waals surface area contributed by atoms with E-state index in [1.165, 1.54) is 22.4 Å². The van der Waals surface area contributed by atoms with E-state index in [-0.39, 0.29) is 6.10 Å². The van der Waals surface area contributed by atoms with E-state index in [2.05, 4.69) is 82.5 Å². The Morgan fingerprint density at radius 1 is 1.12 bits per heavy atom. The lowest BCUT2D eigenvalue weighted by molar-refractivity contribution is 0.323. The minimum absolute atomic E-state index is 0.000907. The number of anilines is 1. The molecule has 0 amide bonds. The van der Waals surface area contributed by atoms with Crippen molar-refractivity contribution in [2.75, 3.05) is 11.9 Å². The van der Waals surface area contributed by atoms with Gasteiger partial charge in [-0.3, -0.25) is 0 Å². The molecule has 120 valence electrons. The third kappa shape index (κ3) is 2.92. The van der Waals surface area contributed by atoms with Gasteiger partial charge in [-0.1, -0.05) is 52.3 Å². The normalized spacial score (nSPS) is 18.0. The largest absolute Gasteiger partial charge is 0.481 e. The fraction of sp³-hybridized carbons (Fsp3) is 0.143. The van der Waals surface area contributed by atoms with Gasteiger partial charge in [0.15, 0.2) is 0 Å². The molecule has 24 heavy (non-hydrogen) atoms. The third-order valence-electron chi connectivity index (χ3n) is 4.37. The van der Waals surface area contributed by atoms with Crippen LogP contribution in [0.1, 0.15) is 11.1 Å². The number of fused-ring (bicyclic) bond motifs is 3. The molecular weight excluding hydrogens is 362 g/mol. The van der Waals surface area contributed by atoms with E-state index in [0.29, 0.717) is 0 Å². The van der Waals surface area contributed by atoms with E-state index in [0.717, 1.165) is 16.8 Å². The van der Waals surface area contributed by atoms with Crippen LogP contribution in [0.25, 0.3) is 5.57 Å². The Balaban J connectivity index is 1.65. The van der Waals surface area contributed by atoms with Crippen molar-refractivity contribution in [1.29, 1.82) is 0 Å². The van der Waals surface area contributed by atoms with Crippen molar-refractivity contribution in [1.82, 2.24) is 0 Å². The molecule has 2 aromatic rings. The maximum atomic E-state index is 6.06. The number of hydrogen-bond acceptors (Lipinski definition) is 2. The second-order valence-corrected chi connectivity index (χ2v) is 7.01. The minimum Gasteiger partial charge on any atom is -0.481 e. The van der Waals surface area contributed by atoms with Crippen molar-refractivity contribution < 1.29 is 4.74 Å². The number of nitrogens with zero attached hydrogens (tertiary/aromatic N) is 1. The summed E-state index contributed by atoms with van der Waals surface area (Å²) in [6, 6.07) is 17.0. The first kappa shape index (κ1) is 15.3. The van der Waals surface area contributed by atoms with Crippen molar-refractivity contribution in [2.24, 2.45) is 0 Å². The van der Waals surface area contributed by atoms with E-state index in [9.17, 15) is 0 Å². The van der Waals surface area contributed by atoms with Crippen molar-refractivity contribution in [3.8, 4) is 5.75 Å². The molecule has 1 atom stereocenters. The fourth-order valence-electron chi connectivity index (χ4n) is 3.13. The number of ether oxygens (including phenoxy) is 1. The van der Waals surface area contributed by atoms with Gasteiger partial charge in [-0.25, -0.2) is 0 Å². The second-order valence-electron chi connectivity index (χ2n) is 6.10. The molecule has 1 aliphatic heterocycles. The summed E-state index contributed by atoms with van der Waals surface area (Å²) in [6.45, 7) is 0.881. The lowest BCUT2D eigenvalue weighted by Gasteiger charge is -2.20. The first-order chi connectivity index (χ1) is 11.7. The smallest absolute Gasteiger partial charge is 0.143 e. The van der Waals surface area contributed by atoms with Crippen LogP contribution in [0.2, 0.25) is 0 Å². The lowest BCUT2D eigenvalue weighted by Crippen LogP contribution is -2.16. The first-order valence-electron chi connectivity index (χ1n) is 8.02. The molecule has 0 aromatic heterocycles. The van der Waals surface area contributed by atoms with Crippen LogP contribution in [0, 0.1) is 0 Å². The predicted molar refractivity (Wildman–Crippen MR) is 104 cm³/mol. The Morgan fingerprint density at radius 3 is 2.79 bits per heavy atom. The van der Waals surface area contributed by atoms with E-state index in [1.54, 1.807) is 0 Å². The van der Waals surface area contributed by atoms with Crippen molar-refractivity contribution in [3.63, 3.8) is 0 Å². The fourth-order valence-corrected chi connectivity index (χ4v) is 3.53. The van der Waals surface area contributed by atoms with Gasteiger partial charge in [0.2, 0.25) is 0 Å². The highest BCUT2D eigenvalue weighted by molar-refractivity contribution is 9.11. The van der Waals surface area contributed by atoms with Gasteiger partial charge in [-0.2, -0.15) is 0 Å². The molecule has 0 fully saturated rings. The van der Waals surface area contributed by atoms with Crippen molar-refractivity contribution in [3.05, 3.63) is 88.4 Å². The molecule has 2 aliphatic rings. The Morgan fingerprint density at radius 2 is 1.96 bits per heavy atom. The van der Waals surface area contributed by atoms with Gasteiger partial charge in [0.25, 0.3) is 0 Å². The van der Waals surface area contributed by atoms with Crippen LogP contribution >= 0.6 is 15.9 Å². The van der Waals surface area contributed by atoms with Crippen LogP contribution in [0.5, 0.6) is 5.75 Å². The Kier molecular flexibility index (Phi) is 4.03. The average molecular weight is 380 g/mol. The zero-order chi connectivity index (χ0) is 16.5. The SMILES string of the molecule is CN(Cc1ccccc1)c1ccc2c(c1)C1=CC(Br)=CC=CC1O2. The molecule has 0 saturated carbocycles. The number of allylic oxidation sites excluding steroid dienone is 4. The van der Waals surface area contributed by atoms with Crippen molar-refractivity contribution >= 4 is 27.2 Å². The van der Waals surface area contributed by atoms with Crippen LogP contribution in [0.4, 0.5) is 5.69 Å². The molecule has 2 nitrogen and oxygen atoms in total. The predicted octanol–water partition coefficient (Wildman–Crippen LogP) is 5.32. The highest BCUT2D eigenvalue weighted by Crippen LogP contribution is 2.42. The molecule has 0 bridgehead atoms. The summed E-state index contributed by atoms with van der Waals surface area (Å²) in [4.78, 5) is 2.26. The van der Waals surface area contributed by atoms with Gasteiger partial charge in [0, 0.05) is 34.9 Å². The monoisotopic (exact) mass is 379 g/mol. The van der Waals surface area contributed by atoms with Gasteiger partial charge in [0.1, 0.15) is 11.9 Å². The van der Waals surface area contributed by atoms with Gasteiger partial charge in [-0.15, -0.1) is 0 Å². The zero-order valence-electron chi connectivity index (χ0n) is 13.4. The Bertz CT molecular complexity index is 851. The molecule has 0 N–H and O–H groups in total. The van der Waals surface area contributed by atoms with Crippen LogP contribution in [0.3, 0.4) is 0 Å². The molecule has 1 unspecified atom stereocenters. The molecule has 0 spiro atoms. The maximum absolute atomic E-state index is 6.06. The van der Waals surface area contributed by atoms with Gasteiger partial charge < -0.3 is 9.64 Å². The highest BCUT2D eigenvalue weighted by Gasteiger charge is 2.28. The average Bonchev–Trinajstić information content (AvgIpc) is 2.81. The molecule has 0 saturated heterocycles. The lowest BCUT2D eigenvalue weighted by atomic mass is 10.0. The summed E-state index contributed by atoms with van der Waals surface area (Å²) < 4.78 is 7.13. The molecule has 3 heteroatoms. The molecule has 1 aliphatic carbocycles. The second kappa shape index (κ2) is 6.33. The number of halogens is 1. The standard InChI is InChI=1S/C21H18BrNO/c1-23(14-15-6-3-2-4-7-15)17-10-11-21-19(13-17)18-12-16(22)8-5-9-20(18)24-21/h2-13,20H,14H2,1H3. The summed E-state index contributed by atoms with van der Waals surface area (Å²) in [5.41, 5.74) is 4.87. The molecule has 0 radical (unpaired) electrons. The van der Waals surface area contributed by atoms with Crippen LogP contribution < -0.4 is 9.64 Å². The first-order valence-corrected chi connectivity index (χ1v) is 8.82. The number of hydrogen-bond donors (Lipinski definition) is 0. The molecule has 2 aromatic carbocycles. The van der Waals surface area contributed by atoms with E-state index >= 15 is 0 Å². The topological polar surface area (TPSA) is 12.5 Å². The third-order valence-corrected chi connectivity index (χ3v) is 4.87. The van der Waals surface area contributed by atoms with Crippen LogP contribution in [-0.2, 0) is 6.54 Å². The minimum atomic E-state index is 0.000907. The summed E-state index contributed by atoms with van der Waals surface area (Å²) >= 11 is 3.59. The molecular formula is C21H18BrNO. The Labute approximate surface area is 150 Å². The van der Waals surface area contributed by atoms with Gasteiger partial charge in [-0.05, 0) is 42.0 Å². The van der Waals surface area contributed by atoms with Gasteiger partial charge in [0.05, 0.1) is 0 Å².